The van der Waals surface area contributed by atoms with Gasteiger partial charge in [-0.2, -0.15) is 15.4 Å². The number of nitrogens with one attached hydrogen (secondary N) is 1. The molecule has 0 radical (unpaired) electrons. The lowest BCUT2D eigenvalue weighted by Crippen LogP contribution is -2.55. The van der Waals surface area contributed by atoms with E-state index in [1.807, 2.05) is 0 Å². The molecule has 2 heterocycles. The highest BCUT2D eigenvalue weighted by Crippen LogP contribution is 2.18. The van der Waals surface area contributed by atoms with Gasteiger partial charge in [0.05, 0.1) is 6.21 Å². The molecule has 0 aromatic rings. The van der Waals surface area contributed by atoms with E-state index in [1.165, 1.54) is 6.21 Å². The Morgan fingerprint density at radius 2 is 2.45 bits per heavy atom. The summed E-state index contributed by atoms with van der Waals surface area (Å²) in [7, 11) is 0. The van der Waals surface area contributed by atoms with E-state index in [1.54, 1.807) is 12.5 Å². The molecule has 1 atom stereocenters. The number of nitrogens with zero attached hydrogens (tertiary/aromatic N) is 3. The number of rotatable bonds is 0. The molecule has 11 heavy (non-hydrogen) atoms. The second-order valence-corrected chi connectivity index (χ2v) is 2.62. The smallest absolute Gasteiger partial charge is 0.272 e. The molecule has 56 valence electrons. The number of hydrogen-bond donors (Lipinski definition) is 2. The van der Waals surface area contributed by atoms with Gasteiger partial charge in [0, 0.05) is 0 Å². The summed E-state index contributed by atoms with van der Waals surface area (Å²) in [6.07, 6.45) is 4.70. The molecule has 3 N–H and O–H groups in total. The average molecular weight is 150 g/mol. The third-order valence-corrected chi connectivity index (χ3v) is 1.67. The van der Waals surface area contributed by atoms with Crippen LogP contribution in [0.3, 0.4) is 0 Å². The summed E-state index contributed by atoms with van der Waals surface area (Å²) in [5, 5.41) is 7.33. The average Bonchev–Trinajstić information content (AvgIpc) is 2.28. The number of nitrogens with two attached hydrogens (primary N) is 1. The Kier molecular flexibility index (Phi) is 1.07. The number of quaternary nitrogens is 1. The number of hydrogen-bond acceptors (Lipinski definition) is 4. The van der Waals surface area contributed by atoms with Gasteiger partial charge < -0.3 is 0 Å². The molecule has 0 aliphatic carbocycles. The maximum atomic E-state index is 7.33. The predicted octanol–water partition coefficient (Wildman–Crippen LogP) is -0.378. The fourth-order valence-electron chi connectivity index (χ4n) is 1.12. The van der Waals surface area contributed by atoms with Crippen molar-refractivity contribution >= 4 is 18.3 Å². The van der Waals surface area contributed by atoms with Crippen LogP contribution in [0.1, 0.15) is 0 Å². The largest absolute Gasteiger partial charge is 0.298 e. The number of fused-ring (bicyclic) bond motifs is 1. The van der Waals surface area contributed by atoms with Crippen LogP contribution in [0.15, 0.2) is 22.0 Å². The lowest BCUT2D eigenvalue weighted by atomic mass is 10.3. The third-order valence-electron chi connectivity index (χ3n) is 1.67. The number of aliphatic imine (C=N–C) groups is 2. The summed E-state index contributed by atoms with van der Waals surface area (Å²) in [6, 6.07) is 0. The first-order chi connectivity index (χ1) is 5.21. The van der Waals surface area contributed by atoms with Crippen LogP contribution in [-0.4, -0.2) is 29.4 Å². The van der Waals surface area contributed by atoms with Crippen LogP contribution >= 0.6 is 0 Å². The van der Waals surface area contributed by atoms with E-state index in [0.29, 0.717) is 18.1 Å². The zero-order valence-corrected chi connectivity index (χ0v) is 5.86. The van der Waals surface area contributed by atoms with Gasteiger partial charge in [-0.25, -0.2) is 4.99 Å². The van der Waals surface area contributed by atoms with Crippen molar-refractivity contribution in [3.8, 4) is 0 Å². The zero-order chi connectivity index (χ0) is 7.90. The van der Waals surface area contributed by atoms with E-state index < -0.39 is 0 Å². The topological polar surface area (TPSA) is 74.6 Å². The van der Waals surface area contributed by atoms with Crippen molar-refractivity contribution in [3.63, 3.8) is 0 Å². The van der Waals surface area contributed by atoms with Crippen LogP contribution in [-0.2, 0) is 0 Å². The highest BCUT2D eigenvalue weighted by Gasteiger charge is 2.35. The van der Waals surface area contributed by atoms with Crippen molar-refractivity contribution in [1.29, 1.82) is 5.41 Å². The quantitative estimate of drug-likeness (QED) is 0.358. The summed E-state index contributed by atoms with van der Waals surface area (Å²) in [6.45, 7) is 0.443. The molecule has 1 unspecified atom stereocenters. The Balaban J connectivity index is 2.46. The molecule has 2 aliphatic rings. The van der Waals surface area contributed by atoms with Crippen molar-refractivity contribution in [2.45, 2.75) is 0 Å². The van der Waals surface area contributed by atoms with Crippen molar-refractivity contribution in [3.05, 3.63) is 12.0 Å². The summed E-state index contributed by atoms with van der Waals surface area (Å²) in [4.78, 5) is 7.86. The van der Waals surface area contributed by atoms with Crippen molar-refractivity contribution in [1.82, 2.24) is 0 Å². The first kappa shape index (κ1) is 6.38. The SMILES string of the molecule is N=C1C=NC2=CN=C[N+]2(N)C1. The van der Waals surface area contributed by atoms with Crippen molar-refractivity contribution < 1.29 is 4.59 Å². The Morgan fingerprint density at radius 1 is 1.64 bits per heavy atom. The molecule has 0 saturated heterocycles. The van der Waals surface area contributed by atoms with E-state index in [4.69, 9.17) is 11.3 Å². The van der Waals surface area contributed by atoms with E-state index in [9.17, 15) is 0 Å². The first-order valence-electron chi connectivity index (χ1n) is 3.24. The molecule has 0 aromatic heterocycles. The van der Waals surface area contributed by atoms with Gasteiger partial charge >= 0.3 is 0 Å². The Morgan fingerprint density at radius 3 is 3.27 bits per heavy atom. The van der Waals surface area contributed by atoms with E-state index in [0.717, 1.165) is 0 Å². The summed E-state index contributed by atoms with van der Waals surface area (Å²) in [5.41, 5.74) is 0.429. The highest BCUT2D eigenvalue weighted by molar-refractivity contribution is 6.30. The minimum absolute atomic E-state index is 0.0509. The Hall–Kier alpha value is -1.33. The molecular weight excluding hydrogens is 142 g/mol. The second kappa shape index (κ2) is 1.84. The first-order valence-corrected chi connectivity index (χ1v) is 3.24. The van der Waals surface area contributed by atoms with Crippen LogP contribution in [0.4, 0.5) is 0 Å². The lowest BCUT2D eigenvalue weighted by molar-refractivity contribution is -0.796. The molecule has 5 nitrogen and oxygen atoms in total. The molecule has 2 rings (SSSR count). The maximum Gasteiger partial charge on any atom is 0.272 e. The van der Waals surface area contributed by atoms with Gasteiger partial charge in [-0.1, -0.05) is 0 Å². The zero-order valence-electron chi connectivity index (χ0n) is 5.86. The van der Waals surface area contributed by atoms with E-state index >= 15 is 0 Å². The van der Waals surface area contributed by atoms with Gasteiger partial charge in [0.25, 0.3) is 5.82 Å². The molecule has 0 aromatic carbocycles. The van der Waals surface area contributed by atoms with Crippen LogP contribution in [0.2, 0.25) is 0 Å². The van der Waals surface area contributed by atoms with Crippen LogP contribution in [0, 0.1) is 5.41 Å². The molecule has 0 amide bonds. The van der Waals surface area contributed by atoms with Crippen LogP contribution in [0.25, 0.3) is 0 Å². The van der Waals surface area contributed by atoms with Gasteiger partial charge in [0.15, 0.2) is 6.54 Å². The molecule has 0 fully saturated rings. The van der Waals surface area contributed by atoms with Crippen LogP contribution in [0.5, 0.6) is 0 Å². The molecular formula is C6H8N5+. The minimum atomic E-state index is 0.0509. The molecule has 0 spiro atoms. The summed E-state index contributed by atoms with van der Waals surface area (Å²) >= 11 is 0. The van der Waals surface area contributed by atoms with Crippen molar-refractivity contribution in [2.75, 3.05) is 6.54 Å². The van der Waals surface area contributed by atoms with E-state index in [2.05, 4.69) is 9.98 Å². The Labute approximate surface area is 63.6 Å². The third kappa shape index (κ3) is 0.821. The Bertz CT molecular complexity index is 300. The van der Waals surface area contributed by atoms with Gasteiger partial charge in [0.2, 0.25) is 6.34 Å². The van der Waals surface area contributed by atoms with Crippen molar-refractivity contribution in [2.24, 2.45) is 15.8 Å². The summed E-state index contributed by atoms with van der Waals surface area (Å²) < 4.78 is 0.0509. The highest BCUT2D eigenvalue weighted by atomic mass is 15.6. The lowest BCUT2D eigenvalue weighted by Gasteiger charge is -2.25. The molecule has 2 aliphatic heterocycles. The van der Waals surface area contributed by atoms with Gasteiger partial charge in [-0.3, -0.25) is 5.41 Å². The fraction of sp³-hybridized carbons (Fsp3) is 0.167. The normalized spacial score (nSPS) is 33.9. The standard InChI is InChI=1S/C6H8N5/c7-5-1-10-6-2-9-4-11(6,8)3-5/h1-2,4,7H,3,8H2/q+1. The monoisotopic (exact) mass is 150 g/mol. The van der Waals surface area contributed by atoms with Gasteiger partial charge in [0.1, 0.15) is 11.9 Å². The second-order valence-electron chi connectivity index (χ2n) is 2.62. The molecule has 0 saturated carbocycles. The minimum Gasteiger partial charge on any atom is -0.298 e. The predicted molar refractivity (Wildman–Crippen MR) is 42.1 cm³/mol. The summed E-state index contributed by atoms with van der Waals surface area (Å²) in [5.74, 6) is 6.52. The fourth-order valence-corrected chi connectivity index (χ4v) is 1.12. The van der Waals surface area contributed by atoms with E-state index in [-0.39, 0.29) is 4.59 Å². The van der Waals surface area contributed by atoms with Gasteiger partial charge in [-0.05, 0) is 0 Å². The maximum absolute atomic E-state index is 7.33. The molecule has 0 bridgehead atoms. The molecule has 5 heteroatoms. The van der Waals surface area contributed by atoms with Gasteiger partial charge in [-0.15, -0.1) is 0 Å². The van der Waals surface area contributed by atoms with Crippen LogP contribution < -0.4 is 5.84 Å².